The summed E-state index contributed by atoms with van der Waals surface area (Å²) < 4.78 is 0. The molecule has 3 rings (SSSR count). The van der Waals surface area contributed by atoms with Gasteiger partial charge in [-0.05, 0) is 87.5 Å². The molecule has 1 aromatic rings. The number of allylic oxidation sites excluding steroid dienone is 3. The largest absolute Gasteiger partial charge is 0.103 e. The van der Waals surface area contributed by atoms with Gasteiger partial charge in [-0.2, -0.15) is 0 Å². The molecule has 136 valence electrons. The minimum Gasteiger partial charge on any atom is -0.103 e. The van der Waals surface area contributed by atoms with E-state index in [1.807, 2.05) is 0 Å². The van der Waals surface area contributed by atoms with Gasteiger partial charge in [0.15, 0.2) is 0 Å². The maximum Gasteiger partial charge on any atom is 0 e. The Morgan fingerprint density at radius 1 is 0.792 bits per heavy atom. The van der Waals surface area contributed by atoms with E-state index in [0.717, 1.165) is 23.7 Å². The lowest BCUT2D eigenvalue weighted by Crippen LogP contribution is -2.13. The van der Waals surface area contributed by atoms with E-state index in [2.05, 4.69) is 56.0 Å². The van der Waals surface area contributed by atoms with E-state index in [0.29, 0.717) is 0 Å². The third-order valence-electron chi connectivity index (χ3n) is 6.13. The first-order valence-corrected chi connectivity index (χ1v) is 9.62. The van der Waals surface area contributed by atoms with Crippen LogP contribution in [0.1, 0.15) is 78.7 Å². The summed E-state index contributed by atoms with van der Waals surface area (Å²) in [7, 11) is 0. The Balaban J connectivity index is 0.00000208. The van der Waals surface area contributed by atoms with Crippen LogP contribution in [0.15, 0.2) is 49.1 Å². The molecule has 2 aliphatic rings. The average molecular weight is 329 g/mol. The van der Waals surface area contributed by atoms with Gasteiger partial charge in [-0.1, -0.05) is 55.5 Å². The molecule has 0 bridgehead atoms. The van der Waals surface area contributed by atoms with Gasteiger partial charge in [0.25, 0.3) is 0 Å². The summed E-state index contributed by atoms with van der Waals surface area (Å²) in [5.41, 5.74) is 2.93. The van der Waals surface area contributed by atoms with Crippen molar-refractivity contribution in [1.29, 1.82) is 0 Å². The SMILES string of the molecule is C.C=CC1CCC(/C=C/C2CCC(c3ccc(C)cc3)CC2)CC1.[HH].[HH]. The molecule has 0 heterocycles. The minimum absolute atomic E-state index is 0. The van der Waals surface area contributed by atoms with E-state index in [-0.39, 0.29) is 10.3 Å². The molecule has 1 aromatic carbocycles. The van der Waals surface area contributed by atoms with Crippen molar-refractivity contribution in [1.82, 2.24) is 0 Å². The fourth-order valence-electron chi connectivity index (χ4n) is 4.37. The average Bonchev–Trinajstić information content (AvgIpc) is 2.61. The summed E-state index contributed by atoms with van der Waals surface area (Å²) in [6.07, 6.45) is 18.2. The molecule has 0 nitrogen and oxygen atoms in total. The smallest absolute Gasteiger partial charge is 0 e. The van der Waals surface area contributed by atoms with Crippen molar-refractivity contribution in [3.05, 3.63) is 60.2 Å². The molecule has 0 aromatic heterocycles. The first-order chi connectivity index (χ1) is 11.2. The van der Waals surface area contributed by atoms with Crippen molar-refractivity contribution < 1.29 is 2.85 Å². The first-order valence-electron chi connectivity index (χ1n) is 9.62. The fraction of sp³-hybridized carbons (Fsp3) is 0.583. The van der Waals surface area contributed by atoms with Crippen LogP contribution in [0.3, 0.4) is 0 Å². The Morgan fingerprint density at radius 3 is 1.75 bits per heavy atom. The fourth-order valence-corrected chi connectivity index (χ4v) is 4.37. The molecule has 0 saturated heterocycles. The zero-order chi connectivity index (χ0) is 16.1. The molecule has 0 amide bonds. The van der Waals surface area contributed by atoms with Gasteiger partial charge in [0.05, 0.1) is 0 Å². The zero-order valence-corrected chi connectivity index (χ0v) is 14.7. The monoisotopic (exact) mass is 328 g/mol. The highest BCUT2D eigenvalue weighted by Gasteiger charge is 2.22. The summed E-state index contributed by atoms with van der Waals surface area (Å²) in [6, 6.07) is 9.21. The van der Waals surface area contributed by atoms with Crippen LogP contribution < -0.4 is 0 Å². The van der Waals surface area contributed by atoms with Gasteiger partial charge in [-0.3, -0.25) is 0 Å². The van der Waals surface area contributed by atoms with E-state index in [9.17, 15) is 0 Å². The summed E-state index contributed by atoms with van der Waals surface area (Å²) >= 11 is 0. The van der Waals surface area contributed by atoms with Crippen LogP contribution in [-0.2, 0) is 0 Å². The molecular formula is C24H40. The third kappa shape index (κ3) is 5.10. The van der Waals surface area contributed by atoms with Gasteiger partial charge in [0.1, 0.15) is 0 Å². The van der Waals surface area contributed by atoms with E-state index in [1.54, 1.807) is 5.56 Å². The molecular weight excluding hydrogens is 288 g/mol. The van der Waals surface area contributed by atoms with Gasteiger partial charge in [-0.15, -0.1) is 6.58 Å². The lowest BCUT2D eigenvalue weighted by molar-refractivity contribution is 0.349. The van der Waals surface area contributed by atoms with Crippen molar-refractivity contribution >= 4 is 0 Å². The van der Waals surface area contributed by atoms with Crippen molar-refractivity contribution in [3.63, 3.8) is 0 Å². The van der Waals surface area contributed by atoms with Crippen LogP contribution in [0.25, 0.3) is 0 Å². The van der Waals surface area contributed by atoms with Crippen molar-refractivity contribution in [2.45, 2.75) is 71.6 Å². The molecule has 0 spiro atoms. The quantitative estimate of drug-likeness (QED) is 0.492. The molecule has 2 saturated carbocycles. The number of benzene rings is 1. The van der Waals surface area contributed by atoms with Crippen LogP contribution in [0.4, 0.5) is 0 Å². The Morgan fingerprint density at radius 2 is 1.25 bits per heavy atom. The van der Waals surface area contributed by atoms with Crippen LogP contribution in [-0.4, -0.2) is 0 Å². The Labute approximate surface area is 153 Å². The summed E-state index contributed by atoms with van der Waals surface area (Å²) in [4.78, 5) is 0. The first kappa shape index (κ1) is 19.0. The highest BCUT2D eigenvalue weighted by molar-refractivity contribution is 5.25. The highest BCUT2D eigenvalue weighted by Crippen LogP contribution is 2.37. The molecule has 0 N–H and O–H groups in total. The molecule has 0 heteroatoms. The van der Waals surface area contributed by atoms with Gasteiger partial charge in [0, 0.05) is 2.85 Å². The second-order valence-electron chi connectivity index (χ2n) is 7.82. The van der Waals surface area contributed by atoms with Crippen molar-refractivity contribution in [2.75, 3.05) is 0 Å². The predicted molar refractivity (Wildman–Crippen MR) is 112 cm³/mol. The topological polar surface area (TPSA) is 0 Å². The van der Waals surface area contributed by atoms with Gasteiger partial charge in [0.2, 0.25) is 0 Å². The number of hydrogen-bond donors (Lipinski definition) is 0. The molecule has 0 radical (unpaired) electrons. The highest BCUT2D eigenvalue weighted by atomic mass is 14.3. The molecule has 0 unspecified atom stereocenters. The summed E-state index contributed by atoms with van der Waals surface area (Å²) in [5, 5.41) is 0. The molecule has 0 atom stereocenters. The normalized spacial score (nSPS) is 30.7. The molecule has 2 fully saturated rings. The summed E-state index contributed by atoms with van der Waals surface area (Å²) in [5.74, 6) is 3.24. The maximum absolute atomic E-state index is 3.95. The van der Waals surface area contributed by atoms with E-state index in [4.69, 9.17) is 0 Å². The van der Waals surface area contributed by atoms with E-state index in [1.165, 1.54) is 56.9 Å². The third-order valence-corrected chi connectivity index (χ3v) is 6.13. The molecule has 24 heavy (non-hydrogen) atoms. The predicted octanol–water partition coefficient (Wildman–Crippen LogP) is 7.95. The van der Waals surface area contributed by atoms with E-state index < -0.39 is 0 Å². The van der Waals surface area contributed by atoms with Crippen LogP contribution in [0.2, 0.25) is 0 Å². The number of rotatable bonds is 4. The van der Waals surface area contributed by atoms with Gasteiger partial charge < -0.3 is 0 Å². The minimum atomic E-state index is 0. The maximum atomic E-state index is 3.95. The van der Waals surface area contributed by atoms with Gasteiger partial charge >= 0.3 is 0 Å². The van der Waals surface area contributed by atoms with Crippen molar-refractivity contribution in [3.8, 4) is 0 Å². The Hall–Kier alpha value is -1.30. The molecule has 0 aliphatic heterocycles. The van der Waals surface area contributed by atoms with E-state index >= 15 is 0 Å². The van der Waals surface area contributed by atoms with Crippen LogP contribution >= 0.6 is 0 Å². The molecule has 2 aliphatic carbocycles. The Kier molecular flexibility index (Phi) is 7.34. The summed E-state index contributed by atoms with van der Waals surface area (Å²) in [6.45, 7) is 6.12. The van der Waals surface area contributed by atoms with Crippen molar-refractivity contribution in [2.24, 2.45) is 17.8 Å². The van der Waals surface area contributed by atoms with Crippen LogP contribution in [0, 0.1) is 24.7 Å². The van der Waals surface area contributed by atoms with Gasteiger partial charge in [-0.25, -0.2) is 0 Å². The Bertz CT molecular complexity index is 516. The van der Waals surface area contributed by atoms with Crippen LogP contribution in [0.5, 0.6) is 0 Å². The number of hydrogen-bond acceptors (Lipinski definition) is 0. The second kappa shape index (κ2) is 9.25. The zero-order valence-electron chi connectivity index (χ0n) is 14.7. The number of aryl methyl sites for hydroxylation is 1. The standard InChI is InChI=1S/C23H32.CH4.2H2/c1-3-19-6-8-20(9-7-19)10-11-21-12-16-23(17-13-21)22-14-4-18(2)5-15-22;;;/h3-5,10-11,14-15,19-21,23H,1,6-9,12-13,16-17H2,2H3;1H4;2*1H/b11-10+;;;. The lowest BCUT2D eigenvalue weighted by atomic mass is 9.77. The second-order valence-corrected chi connectivity index (χ2v) is 7.82. The lowest BCUT2D eigenvalue weighted by Gasteiger charge is -2.28.